The number of carbonyl (C=O) groups is 2. The second kappa shape index (κ2) is 6.96. The molecule has 0 radical (unpaired) electrons. The van der Waals surface area contributed by atoms with Gasteiger partial charge in [0.05, 0.1) is 18.8 Å². The second-order valence-electron chi connectivity index (χ2n) is 5.22. The summed E-state index contributed by atoms with van der Waals surface area (Å²) in [6, 6.07) is 5.47. The highest BCUT2D eigenvalue weighted by Crippen LogP contribution is 2.29. The second-order valence-corrected chi connectivity index (χ2v) is 6.31. The number of thiazole rings is 1. The zero-order valence-corrected chi connectivity index (χ0v) is 13.9. The minimum absolute atomic E-state index is 0.233. The number of benzene rings is 1. The van der Waals surface area contributed by atoms with Crippen LogP contribution in [0.2, 0.25) is 0 Å². The molecule has 1 aromatic carbocycles. The van der Waals surface area contributed by atoms with Gasteiger partial charge in [0, 0.05) is 23.4 Å². The molecule has 1 aromatic heterocycles. The molecule has 0 fully saturated rings. The molecule has 0 atom stereocenters. The number of nitrogens with zero attached hydrogens (tertiary/aromatic N) is 2. The highest BCUT2D eigenvalue weighted by Gasteiger charge is 2.25. The number of anilines is 1. The van der Waals surface area contributed by atoms with Crippen LogP contribution in [0, 0.1) is 5.82 Å². The zero-order chi connectivity index (χ0) is 17.1. The maximum Gasteiger partial charge on any atom is 0.410 e. The van der Waals surface area contributed by atoms with Crippen LogP contribution in [0.15, 0.2) is 24.3 Å². The average molecular weight is 349 g/mol. The van der Waals surface area contributed by atoms with Crippen molar-refractivity contribution in [2.24, 2.45) is 0 Å². The molecule has 126 valence electrons. The number of ether oxygens (including phenoxy) is 1. The first-order chi connectivity index (χ1) is 11.6. The van der Waals surface area contributed by atoms with Crippen LogP contribution in [0.25, 0.3) is 0 Å². The topological polar surface area (TPSA) is 71.5 Å². The number of fused-ring (bicyclic) bond motifs is 1. The summed E-state index contributed by atoms with van der Waals surface area (Å²) in [6.07, 6.45) is 0.266. The largest absolute Gasteiger partial charge is 0.450 e. The molecule has 2 amide bonds. The average Bonchev–Trinajstić information content (AvgIpc) is 2.96. The van der Waals surface area contributed by atoms with E-state index in [0.717, 1.165) is 10.6 Å². The van der Waals surface area contributed by atoms with Crippen molar-refractivity contribution in [3.05, 3.63) is 46.2 Å². The first-order valence-electron chi connectivity index (χ1n) is 7.54. The van der Waals surface area contributed by atoms with Gasteiger partial charge in [-0.2, -0.15) is 0 Å². The first kappa shape index (κ1) is 16.4. The predicted octanol–water partition coefficient (Wildman–Crippen LogP) is 3.05. The lowest BCUT2D eigenvalue weighted by Crippen LogP contribution is -2.35. The van der Waals surface area contributed by atoms with Gasteiger partial charge in [0.1, 0.15) is 5.82 Å². The van der Waals surface area contributed by atoms with Crippen LogP contribution >= 0.6 is 11.3 Å². The van der Waals surface area contributed by atoms with Crippen molar-refractivity contribution in [1.29, 1.82) is 0 Å². The number of amides is 2. The van der Waals surface area contributed by atoms with Gasteiger partial charge < -0.3 is 9.64 Å². The van der Waals surface area contributed by atoms with Gasteiger partial charge in [-0.05, 0) is 25.1 Å². The van der Waals surface area contributed by atoms with E-state index in [4.69, 9.17) is 4.74 Å². The SMILES string of the molecule is CCOC(=O)N1CCc2nc(NC(=O)c3cccc(F)c3)sc2C1. The Hall–Kier alpha value is -2.48. The summed E-state index contributed by atoms with van der Waals surface area (Å²) in [5.41, 5.74) is 1.10. The quantitative estimate of drug-likeness (QED) is 0.924. The molecule has 1 aliphatic rings. The fourth-order valence-corrected chi connectivity index (χ4v) is 3.44. The minimum atomic E-state index is -0.467. The Morgan fingerprint density at radius 3 is 3.04 bits per heavy atom. The van der Waals surface area contributed by atoms with E-state index in [9.17, 15) is 14.0 Å². The van der Waals surface area contributed by atoms with Crippen LogP contribution in [0.1, 0.15) is 27.9 Å². The van der Waals surface area contributed by atoms with Gasteiger partial charge >= 0.3 is 6.09 Å². The smallest absolute Gasteiger partial charge is 0.410 e. The molecule has 1 aliphatic heterocycles. The van der Waals surface area contributed by atoms with E-state index in [0.29, 0.717) is 31.2 Å². The number of rotatable bonds is 3. The molecule has 2 aromatic rings. The van der Waals surface area contributed by atoms with Crippen LogP contribution in [0.4, 0.5) is 14.3 Å². The van der Waals surface area contributed by atoms with E-state index in [1.165, 1.54) is 35.6 Å². The number of aromatic nitrogens is 1. The summed E-state index contributed by atoms with van der Waals surface area (Å²) >= 11 is 1.32. The van der Waals surface area contributed by atoms with E-state index >= 15 is 0 Å². The van der Waals surface area contributed by atoms with Crippen LogP contribution in [0.3, 0.4) is 0 Å². The van der Waals surface area contributed by atoms with Gasteiger partial charge in [-0.1, -0.05) is 17.4 Å². The number of carbonyl (C=O) groups excluding carboxylic acids is 2. The van der Waals surface area contributed by atoms with Crippen LogP contribution < -0.4 is 5.32 Å². The van der Waals surface area contributed by atoms with E-state index in [-0.39, 0.29) is 11.7 Å². The number of hydrogen-bond acceptors (Lipinski definition) is 5. The van der Waals surface area contributed by atoms with Crippen molar-refractivity contribution in [3.8, 4) is 0 Å². The summed E-state index contributed by atoms with van der Waals surface area (Å²) in [4.78, 5) is 30.9. The third-order valence-corrected chi connectivity index (χ3v) is 4.56. The molecule has 0 saturated heterocycles. The minimum Gasteiger partial charge on any atom is -0.450 e. The molecule has 24 heavy (non-hydrogen) atoms. The van der Waals surface area contributed by atoms with Crippen LogP contribution in [-0.4, -0.2) is 35.0 Å². The van der Waals surface area contributed by atoms with E-state index in [1.807, 2.05) is 0 Å². The zero-order valence-electron chi connectivity index (χ0n) is 13.0. The number of halogens is 1. The van der Waals surface area contributed by atoms with Gasteiger partial charge in [-0.25, -0.2) is 14.2 Å². The van der Waals surface area contributed by atoms with Crippen LogP contribution in [0.5, 0.6) is 0 Å². The maximum atomic E-state index is 13.2. The highest BCUT2D eigenvalue weighted by molar-refractivity contribution is 7.15. The number of hydrogen-bond donors (Lipinski definition) is 1. The molecule has 3 rings (SSSR count). The van der Waals surface area contributed by atoms with E-state index in [2.05, 4.69) is 10.3 Å². The third kappa shape index (κ3) is 3.53. The van der Waals surface area contributed by atoms with Gasteiger partial charge in [0.15, 0.2) is 5.13 Å². The van der Waals surface area contributed by atoms with Gasteiger partial charge in [-0.3, -0.25) is 10.1 Å². The lowest BCUT2D eigenvalue weighted by atomic mass is 10.2. The molecule has 0 spiro atoms. The van der Waals surface area contributed by atoms with Gasteiger partial charge in [0.25, 0.3) is 5.91 Å². The van der Waals surface area contributed by atoms with Gasteiger partial charge in [0.2, 0.25) is 0 Å². The molecule has 6 nitrogen and oxygen atoms in total. The Balaban J connectivity index is 1.70. The fraction of sp³-hybridized carbons (Fsp3) is 0.312. The molecule has 8 heteroatoms. The highest BCUT2D eigenvalue weighted by atomic mass is 32.1. The Labute approximate surface area is 142 Å². The van der Waals surface area contributed by atoms with Gasteiger partial charge in [-0.15, -0.1) is 0 Å². The molecule has 0 saturated carbocycles. The molecule has 2 heterocycles. The lowest BCUT2D eigenvalue weighted by Gasteiger charge is -2.24. The van der Waals surface area contributed by atoms with Crippen molar-refractivity contribution in [1.82, 2.24) is 9.88 Å². The Bertz CT molecular complexity index is 778. The van der Waals surface area contributed by atoms with E-state index in [1.54, 1.807) is 11.8 Å². The summed E-state index contributed by atoms with van der Waals surface area (Å²) in [6.45, 7) is 3.05. The van der Waals surface area contributed by atoms with Crippen LogP contribution in [-0.2, 0) is 17.7 Å². The van der Waals surface area contributed by atoms with Crippen molar-refractivity contribution in [2.45, 2.75) is 19.9 Å². The first-order valence-corrected chi connectivity index (χ1v) is 8.35. The summed E-state index contributed by atoms with van der Waals surface area (Å²) in [7, 11) is 0. The summed E-state index contributed by atoms with van der Waals surface area (Å²) < 4.78 is 18.2. The van der Waals surface area contributed by atoms with E-state index < -0.39 is 11.7 Å². The Morgan fingerprint density at radius 2 is 2.29 bits per heavy atom. The number of nitrogens with one attached hydrogen (secondary N) is 1. The fourth-order valence-electron chi connectivity index (χ4n) is 2.42. The molecule has 0 aliphatic carbocycles. The summed E-state index contributed by atoms with van der Waals surface area (Å²) in [5, 5.41) is 3.12. The summed E-state index contributed by atoms with van der Waals surface area (Å²) in [5.74, 6) is -0.881. The molecule has 0 bridgehead atoms. The predicted molar refractivity (Wildman–Crippen MR) is 87.6 cm³/mol. The normalized spacial score (nSPS) is 13.3. The third-order valence-electron chi connectivity index (χ3n) is 3.56. The monoisotopic (exact) mass is 349 g/mol. The van der Waals surface area contributed by atoms with Crippen molar-refractivity contribution in [2.75, 3.05) is 18.5 Å². The van der Waals surface area contributed by atoms with Crippen molar-refractivity contribution >= 4 is 28.5 Å². The molecule has 1 N–H and O–H groups in total. The maximum absolute atomic E-state index is 13.2. The van der Waals surface area contributed by atoms with Crippen molar-refractivity contribution < 1.29 is 18.7 Å². The van der Waals surface area contributed by atoms with Crippen molar-refractivity contribution in [3.63, 3.8) is 0 Å². The lowest BCUT2D eigenvalue weighted by molar-refractivity contribution is 0.102. The molecule has 0 unspecified atom stereocenters. The Morgan fingerprint density at radius 1 is 1.46 bits per heavy atom. The molecular formula is C16H16FN3O3S. The Kier molecular flexibility index (Phi) is 4.75. The molecular weight excluding hydrogens is 333 g/mol. The standard InChI is InChI=1S/C16H16FN3O3S/c1-2-23-16(22)20-7-6-12-13(9-20)24-15(18-12)19-14(21)10-4-3-5-11(17)8-10/h3-5,8H,2,6-7,9H2,1H3,(H,18,19,21).